The fourth-order valence-electron chi connectivity index (χ4n) is 2.88. The Balaban J connectivity index is 1.77. The van der Waals surface area contributed by atoms with Crippen molar-refractivity contribution in [3.8, 4) is 0 Å². The second-order valence-electron chi connectivity index (χ2n) is 5.37. The number of fused-ring (bicyclic) bond motifs is 1. The minimum absolute atomic E-state index is 0.230. The molecule has 2 nitrogen and oxygen atoms in total. The van der Waals surface area contributed by atoms with Crippen molar-refractivity contribution in [2.24, 2.45) is 0 Å². The molecule has 0 fully saturated rings. The number of aryl methyl sites for hydroxylation is 2. The molecule has 19 heavy (non-hydrogen) atoms. The van der Waals surface area contributed by atoms with Crippen molar-refractivity contribution in [3.05, 3.63) is 64.5 Å². The van der Waals surface area contributed by atoms with E-state index in [1.54, 1.807) is 0 Å². The van der Waals surface area contributed by atoms with Gasteiger partial charge in [-0.05, 0) is 49.4 Å². The highest BCUT2D eigenvalue weighted by Crippen LogP contribution is 2.37. The van der Waals surface area contributed by atoms with Crippen LogP contribution in [0.5, 0.6) is 0 Å². The Morgan fingerprint density at radius 1 is 1.21 bits per heavy atom. The zero-order valence-corrected chi connectivity index (χ0v) is 11.3. The van der Waals surface area contributed by atoms with Gasteiger partial charge in [0.1, 0.15) is 0 Å². The van der Waals surface area contributed by atoms with Gasteiger partial charge >= 0.3 is 0 Å². The van der Waals surface area contributed by atoms with E-state index in [4.69, 9.17) is 0 Å². The lowest BCUT2D eigenvalue weighted by Gasteiger charge is -2.29. The van der Waals surface area contributed by atoms with Gasteiger partial charge in [-0.1, -0.05) is 24.3 Å². The normalized spacial score (nSPS) is 16.6. The first-order valence-electron chi connectivity index (χ1n) is 6.70. The second-order valence-corrected chi connectivity index (χ2v) is 5.37. The molecule has 1 aliphatic rings. The van der Waals surface area contributed by atoms with E-state index in [2.05, 4.69) is 29.2 Å². The number of hydrogen-bond donors (Lipinski definition) is 0. The van der Waals surface area contributed by atoms with Gasteiger partial charge in [0.15, 0.2) is 5.78 Å². The third-order valence-electron chi connectivity index (χ3n) is 3.80. The van der Waals surface area contributed by atoms with Gasteiger partial charge in [-0.3, -0.25) is 9.78 Å². The topological polar surface area (TPSA) is 30.0 Å². The van der Waals surface area contributed by atoms with Gasteiger partial charge in [-0.25, -0.2) is 0 Å². The molecule has 0 saturated carbocycles. The van der Waals surface area contributed by atoms with Crippen LogP contribution in [0.25, 0.3) is 0 Å². The minimum atomic E-state index is 0.230. The Kier molecular flexibility index (Phi) is 2.94. The number of carbonyl (C=O) groups is 1. The lowest BCUT2D eigenvalue weighted by atomic mass is 9.74. The molecule has 1 heterocycles. The molecule has 1 aliphatic carbocycles. The van der Waals surface area contributed by atoms with Gasteiger partial charge in [0.2, 0.25) is 0 Å². The Morgan fingerprint density at radius 3 is 2.58 bits per heavy atom. The van der Waals surface area contributed by atoms with Crippen molar-refractivity contribution in [1.82, 2.24) is 4.98 Å². The molecule has 0 N–H and O–H groups in total. The number of rotatable bonds is 3. The van der Waals surface area contributed by atoms with E-state index in [0.717, 1.165) is 23.4 Å². The standard InChI is InChI=1S/C17H17NO/c1-11-7-15(8-12(2)18-11)17(19)10-14-9-13-5-3-4-6-16(13)14/h3-8,14H,9-10H2,1-2H3. The van der Waals surface area contributed by atoms with E-state index in [0.29, 0.717) is 12.3 Å². The fourth-order valence-corrected chi connectivity index (χ4v) is 2.88. The summed E-state index contributed by atoms with van der Waals surface area (Å²) in [4.78, 5) is 16.6. The molecule has 0 aliphatic heterocycles. The SMILES string of the molecule is Cc1cc(C(=O)CC2Cc3ccccc32)cc(C)n1. The van der Waals surface area contributed by atoms with Crippen molar-refractivity contribution < 1.29 is 4.79 Å². The van der Waals surface area contributed by atoms with Gasteiger partial charge in [-0.2, -0.15) is 0 Å². The van der Waals surface area contributed by atoms with Gasteiger partial charge < -0.3 is 0 Å². The number of aromatic nitrogens is 1. The summed E-state index contributed by atoms with van der Waals surface area (Å²) in [5, 5.41) is 0. The highest BCUT2D eigenvalue weighted by Gasteiger charge is 2.27. The summed E-state index contributed by atoms with van der Waals surface area (Å²) in [5.74, 6) is 0.630. The summed E-state index contributed by atoms with van der Waals surface area (Å²) in [6, 6.07) is 12.2. The van der Waals surface area contributed by atoms with Crippen LogP contribution >= 0.6 is 0 Å². The fraction of sp³-hybridized carbons (Fsp3) is 0.294. The van der Waals surface area contributed by atoms with Crippen LogP contribution in [0.15, 0.2) is 36.4 Å². The third kappa shape index (κ3) is 2.30. The van der Waals surface area contributed by atoms with E-state index in [-0.39, 0.29) is 5.78 Å². The molecule has 1 aromatic carbocycles. The summed E-state index contributed by atoms with van der Waals surface area (Å²) in [6.45, 7) is 3.87. The summed E-state index contributed by atoms with van der Waals surface area (Å²) < 4.78 is 0. The van der Waals surface area contributed by atoms with E-state index in [1.165, 1.54) is 11.1 Å². The van der Waals surface area contributed by atoms with Crippen molar-refractivity contribution >= 4 is 5.78 Å². The molecule has 1 aromatic heterocycles. The van der Waals surface area contributed by atoms with Crippen molar-refractivity contribution in [2.75, 3.05) is 0 Å². The molecule has 0 amide bonds. The monoisotopic (exact) mass is 251 g/mol. The second kappa shape index (κ2) is 4.61. The van der Waals surface area contributed by atoms with Crippen LogP contribution in [0.2, 0.25) is 0 Å². The average Bonchev–Trinajstić information content (AvgIpc) is 2.34. The quantitative estimate of drug-likeness (QED) is 0.780. The van der Waals surface area contributed by atoms with Crippen molar-refractivity contribution in [1.29, 1.82) is 0 Å². The van der Waals surface area contributed by atoms with Crippen molar-refractivity contribution in [3.63, 3.8) is 0 Å². The Hall–Kier alpha value is -1.96. The Labute approximate surface area is 113 Å². The predicted octanol–water partition coefficient (Wildman–Crippen LogP) is 3.61. The van der Waals surface area contributed by atoms with Gasteiger partial charge in [0, 0.05) is 23.4 Å². The largest absolute Gasteiger partial charge is 0.294 e. The number of ketones is 1. The first-order valence-corrected chi connectivity index (χ1v) is 6.70. The summed E-state index contributed by atoms with van der Waals surface area (Å²) in [6.07, 6.45) is 1.64. The molecule has 2 heteroatoms. The predicted molar refractivity (Wildman–Crippen MR) is 75.5 cm³/mol. The molecular formula is C17H17NO. The first kappa shape index (κ1) is 12.1. The zero-order valence-electron chi connectivity index (χ0n) is 11.3. The smallest absolute Gasteiger partial charge is 0.163 e. The van der Waals surface area contributed by atoms with E-state index in [1.807, 2.05) is 26.0 Å². The minimum Gasteiger partial charge on any atom is -0.294 e. The van der Waals surface area contributed by atoms with Crippen molar-refractivity contribution in [2.45, 2.75) is 32.6 Å². The molecule has 1 unspecified atom stereocenters. The van der Waals surface area contributed by atoms with Crippen LogP contribution < -0.4 is 0 Å². The summed E-state index contributed by atoms with van der Waals surface area (Å²) >= 11 is 0. The molecule has 1 atom stereocenters. The molecular weight excluding hydrogens is 234 g/mol. The van der Waals surface area contributed by atoms with Gasteiger partial charge in [0.25, 0.3) is 0 Å². The maximum absolute atomic E-state index is 12.3. The van der Waals surface area contributed by atoms with Crippen LogP contribution in [0, 0.1) is 13.8 Å². The van der Waals surface area contributed by atoms with Crippen LogP contribution in [-0.2, 0) is 6.42 Å². The van der Waals surface area contributed by atoms with Crippen LogP contribution in [0.4, 0.5) is 0 Å². The van der Waals surface area contributed by atoms with Crippen LogP contribution in [0.3, 0.4) is 0 Å². The highest BCUT2D eigenvalue weighted by atomic mass is 16.1. The molecule has 3 rings (SSSR count). The van der Waals surface area contributed by atoms with E-state index in [9.17, 15) is 4.79 Å². The average molecular weight is 251 g/mol. The summed E-state index contributed by atoms with van der Waals surface area (Å²) in [7, 11) is 0. The lowest BCUT2D eigenvalue weighted by molar-refractivity contribution is 0.0970. The molecule has 2 aromatic rings. The Bertz CT molecular complexity index is 625. The molecule has 96 valence electrons. The highest BCUT2D eigenvalue weighted by molar-refractivity contribution is 5.97. The van der Waals surface area contributed by atoms with Gasteiger partial charge in [0.05, 0.1) is 0 Å². The number of hydrogen-bond acceptors (Lipinski definition) is 2. The molecule has 0 spiro atoms. The number of nitrogens with zero attached hydrogens (tertiary/aromatic N) is 1. The van der Waals surface area contributed by atoms with E-state index >= 15 is 0 Å². The maximum Gasteiger partial charge on any atom is 0.163 e. The molecule has 0 saturated heterocycles. The van der Waals surface area contributed by atoms with Crippen LogP contribution in [-0.4, -0.2) is 10.8 Å². The Morgan fingerprint density at radius 2 is 1.89 bits per heavy atom. The number of carbonyl (C=O) groups excluding carboxylic acids is 1. The number of benzene rings is 1. The summed E-state index contributed by atoms with van der Waals surface area (Å²) in [5.41, 5.74) is 5.37. The first-order chi connectivity index (χ1) is 9.13. The number of pyridine rings is 1. The van der Waals surface area contributed by atoms with Gasteiger partial charge in [-0.15, -0.1) is 0 Å². The van der Waals surface area contributed by atoms with Crippen LogP contribution in [0.1, 0.15) is 45.2 Å². The maximum atomic E-state index is 12.3. The lowest BCUT2D eigenvalue weighted by Crippen LogP contribution is -2.20. The zero-order chi connectivity index (χ0) is 13.4. The van der Waals surface area contributed by atoms with E-state index < -0.39 is 0 Å². The third-order valence-corrected chi connectivity index (χ3v) is 3.80. The number of Topliss-reactive ketones (excluding diaryl/α,β-unsaturated/α-hetero) is 1. The molecule has 0 bridgehead atoms. The molecule has 0 radical (unpaired) electrons.